The van der Waals surface area contributed by atoms with E-state index in [1.54, 1.807) is 56.5 Å². The monoisotopic (exact) mass is 499 g/mol. The fraction of sp³-hybridized carbons (Fsp3) is 0.233. The summed E-state index contributed by atoms with van der Waals surface area (Å²) >= 11 is 0. The van der Waals surface area contributed by atoms with Crippen LogP contribution in [0, 0.1) is 27.7 Å². The minimum Gasteiger partial charge on any atom is -0.507 e. The quantitative estimate of drug-likeness (QED) is 0.164. The van der Waals surface area contributed by atoms with Crippen LogP contribution in [0.25, 0.3) is 5.76 Å². The number of Topliss-reactive ketones (excluding diaryl/α,β-unsaturated/α-hetero) is 1. The average Bonchev–Trinajstić information content (AvgIpc) is 3.11. The second-order valence-corrected chi connectivity index (χ2v) is 9.24. The second kappa shape index (κ2) is 9.93. The molecule has 190 valence electrons. The van der Waals surface area contributed by atoms with Crippen LogP contribution in [0.5, 0.6) is 11.5 Å². The Bertz CT molecular complexity index is 1470. The van der Waals surface area contributed by atoms with Gasteiger partial charge in [0.25, 0.3) is 11.7 Å². The third kappa shape index (κ3) is 4.72. The first-order valence-corrected chi connectivity index (χ1v) is 11.9. The number of aliphatic hydroxyl groups excluding tert-OH is 1. The van der Waals surface area contributed by atoms with E-state index in [0.29, 0.717) is 28.1 Å². The largest absolute Gasteiger partial charge is 0.507 e. The van der Waals surface area contributed by atoms with Crippen molar-refractivity contribution in [2.24, 2.45) is 0 Å². The van der Waals surface area contributed by atoms with Crippen molar-refractivity contribution in [1.29, 1.82) is 0 Å². The summed E-state index contributed by atoms with van der Waals surface area (Å²) in [6, 6.07) is 14.7. The van der Waals surface area contributed by atoms with E-state index in [4.69, 9.17) is 9.47 Å². The minimum atomic E-state index is -0.945. The fourth-order valence-electron chi connectivity index (χ4n) is 4.61. The molecule has 1 aliphatic heterocycles. The summed E-state index contributed by atoms with van der Waals surface area (Å²) in [7, 11) is 1.56. The molecule has 1 heterocycles. The number of aryl methyl sites for hydroxylation is 4. The third-order valence-electron chi connectivity index (χ3n) is 6.65. The van der Waals surface area contributed by atoms with E-state index >= 15 is 0 Å². The van der Waals surface area contributed by atoms with Gasteiger partial charge in [-0.25, -0.2) is 0 Å². The number of methoxy groups -OCH3 is 1. The zero-order valence-electron chi connectivity index (χ0n) is 21.7. The van der Waals surface area contributed by atoms with Crippen LogP contribution in [0.3, 0.4) is 0 Å². The standard InChI is InChI=1S/C30H29NO6/c1-16-10-11-22(12-17(16)2)31-27(21-8-7-9-23(15-21)37-20(5)32)26(29(34)30(31)35)28(33)24-13-19(4)25(36-6)14-18(24)3/h7-15,27,33H,1-6H3/b28-26+. The maximum Gasteiger partial charge on any atom is 0.308 e. The van der Waals surface area contributed by atoms with E-state index in [1.807, 2.05) is 32.9 Å². The van der Waals surface area contributed by atoms with Crippen molar-refractivity contribution < 1.29 is 29.0 Å². The van der Waals surface area contributed by atoms with Gasteiger partial charge in [0.2, 0.25) is 0 Å². The maximum atomic E-state index is 13.5. The van der Waals surface area contributed by atoms with Crippen molar-refractivity contribution in [3.63, 3.8) is 0 Å². The smallest absolute Gasteiger partial charge is 0.308 e. The maximum absolute atomic E-state index is 13.5. The van der Waals surface area contributed by atoms with Gasteiger partial charge in [-0.1, -0.05) is 18.2 Å². The highest BCUT2D eigenvalue weighted by Crippen LogP contribution is 2.44. The molecular weight excluding hydrogens is 470 g/mol. The molecule has 7 heteroatoms. The third-order valence-corrected chi connectivity index (χ3v) is 6.65. The Labute approximate surface area is 215 Å². The summed E-state index contributed by atoms with van der Waals surface area (Å²) in [5, 5.41) is 11.5. The number of aliphatic hydroxyl groups is 1. The van der Waals surface area contributed by atoms with Gasteiger partial charge in [0.1, 0.15) is 17.3 Å². The highest BCUT2D eigenvalue weighted by molar-refractivity contribution is 6.51. The SMILES string of the molecule is COc1cc(C)c(/C(O)=C2\C(=O)C(=O)N(c3ccc(C)c(C)c3)C2c2cccc(OC(C)=O)c2)cc1C. The number of ether oxygens (including phenoxy) is 2. The van der Waals surface area contributed by atoms with Crippen LogP contribution >= 0.6 is 0 Å². The summed E-state index contributed by atoms with van der Waals surface area (Å²) in [5.74, 6) is -1.41. The molecule has 3 aromatic rings. The summed E-state index contributed by atoms with van der Waals surface area (Å²) in [6.45, 7) is 8.81. The van der Waals surface area contributed by atoms with E-state index in [-0.39, 0.29) is 17.1 Å². The Hall–Kier alpha value is -4.39. The number of hydrogen-bond acceptors (Lipinski definition) is 6. The topological polar surface area (TPSA) is 93.1 Å². The number of carbonyl (C=O) groups is 3. The summed E-state index contributed by atoms with van der Waals surface area (Å²) in [4.78, 5) is 39.9. The molecule has 0 aromatic heterocycles. The highest BCUT2D eigenvalue weighted by atomic mass is 16.5. The lowest BCUT2D eigenvalue weighted by atomic mass is 9.92. The second-order valence-electron chi connectivity index (χ2n) is 9.24. The van der Waals surface area contributed by atoms with Crippen molar-refractivity contribution >= 4 is 29.1 Å². The highest BCUT2D eigenvalue weighted by Gasteiger charge is 2.47. The molecule has 1 fully saturated rings. The van der Waals surface area contributed by atoms with Crippen LogP contribution in [0.1, 0.15) is 46.3 Å². The Balaban J connectivity index is 1.99. The predicted octanol–water partition coefficient (Wildman–Crippen LogP) is 5.48. The molecule has 1 amide bonds. The van der Waals surface area contributed by atoms with Crippen LogP contribution in [0.15, 0.2) is 60.2 Å². The Kier molecular flexibility index (Phi) is 6.90. The Morgan fingerprint density at radius 1 is 0.892 bits per heavy atom. The van der Waals surface area contributed by atoms with Crippen molar-refractivity contribution in [2.45, 2.75) is 40.7 Å². The normalized spacial score (nSPS) is 16.7. The number of nitrogens with zero attached hydrogens (tertiary/aromatic N) is 1. The Morgan fingerprint density at radius 2 is 1.62 bits per heavy atom. The van der Waals surface area contributed by atoms with E-state index in [0.717, 1.165) is 16.7 Å². The minimum absolute atomic E-state index is 0.0455. The number of esters is 1. The molecule has 1 saturated heterocycles. The first-order valence-electron chi connectivity index (χ1n) is 11.9. The predicted molar refractivity (Wildman–Crippen MR) is 141 cm³/mol. The molecule has 3 aromatic carbocycles. The van der Waals surface area contributed by atoms with E-state index in [2.05, 4.69) is 0 Å². The number of hydrogen-bond donors (Lipinski definition) is 1. The molecule has 1 unspecified atom stereocenters. The van der Waals surface area contributed by atoms with Crippen LogP contribution < -0.4 is 14.4 Å². The molecule has 0 spiro atoms. The number of benzene rings is 3. The average molecular weight is 500 g/mol. The first-order chi connectivity index (χ1) is 17.5. The van der Waals surface area contributed by atoms with Crippen LogP contribution in [0.2, 0.25) is 0 Å². The number of ketones is 1. The van der Waals surface area contributed by atoms with Gasteiger partial charge in [-0.3, -0.25) is 19.3 Å². The Morgan fingerprint density at radius 3 is 2.27 bits per heavy atom. The van der Waals surface area contributed by atoms with Gasteiger partial charge < -0.3 is 14.6 Å². The van der Waals surface area contributed by atoms with E-state index in [1.165, 1.54) is 11.8 Å². The van der Waals surface area contributed by atoms with Crippen molar-refractivity contribution in [3.8, 4) is 11.5 Å². The number of rotatable bonds is 5. The van der Waals surface area contributed by atoms with Crippen LogP contribution in [-0.4, -0.2) is 29.9 Å². The van der Waals surface area contributed by atoms with Gasteiger partial charge in [0.15, 0.2) is 0 Å². The molecule has 37 heavy (non-hydrogen) atoms. The number of carbonyl (C=O) groups excluding carboxylic acids is 3. The summed E-state index contributed by atoms with van der Waals surface area (Å²) < 4.78 is 10.7. The van der Waals surface area contributed by atoms with Gasteiger partial charge in [0, 0.05) is 18.2 Å². The van der Waals surface area contributed by atoms with E-state index < -0.39 is 23.7 Å². The van der Waals surface area contributed by atoms with Gasteiger partial charge in [-0.2, -0.15) is 0 Å². The molecule has 1 N–H and O–H groups in total. The van der Waals surface area contributed by atoms with Gasteiger partial charge in [-0.15, -0.1) is 0 Å². The molecule has 7 nitrogen and oxygen atoms in total. The van der Waals surface area contributed by atoms with Gasteiger partial charge in [-0.05, 0) is 91.9 Å². The number of anilines is 1. The van der Waals surface area contributed by atoms with Gasteiger partial charge in [0.05, 0.1) is 18.7 Å². The molecule has 4 rings (SSSR count). The molecule has 1 aliphatic rings. The van der Waals surface area contributed by atoms with Crippen LogP contribution in [-0.2, 0) is 14.4 Å². The molecule has 0 aliphatic carbocycles. The molecule has 0 bridgehead atoms. The van der Waals surface area contributed by atoms with Crippen molar-refractivity contribution in [3.05, 3.63) is 93.6 Å². The number of amides is 1. The fourth-order valence-corrected chi connectivity index (χ4v) is 4.61. The molecule has 1 atom stereocenters. The summed E-state index contributed by atoms with van der Waals surface area (Å²) in [6.07, 6.45) is 0. The first kappa shape index (κ1) is 25.7. The van der Waals surface area contributed by atoms with Crippen molar-refractivity contribution in [2.75, 3.05) is 12.0 Å². The zero-order chi connectivity index (χ0) is 27.0. The molecule has 0 radical (unpaired) electrons. The molecular formula is C30H29NO6. The van der Waals surface area contributed by atoms with Crippen molar-refractivity contribution in [1.82, 2.24) is 0 Å². The summed E-state index contributed by atoms with van der Waals surface area (Å²) in [5.41, 5.74) is 4.87. The van der Waals surface area contributed by atoms with Crippen LogP contribution in [0.4, 0.5) is 5.69 Å². The lowest BCUT2D eigenvalue weighted by Crippen LogP contribution is -2.29. The van der Waals surface area contributed by atoms with Gasteiger partial charge >= 0.3 is 5.97 Å². The lowest BCUT2D eigenvalue weighted by molar-refractivity contribution is -0.132. The molecule has 0 saturated carbocycles. The zero-order valence-corrected chi connectivity index (χ0v) is 21.7. The lowest BCUT2D eigenvalue weighted by Gasteiger charge is -2.26. The van der Waals surface area contributed by atoms with E-state index in [9.17, 15) is 19.5 Å².